The highest BCUT2D eigenvalue weighted by molar-refractivity contribution is 7.98. The summed E-state index contributed by atoms with van der Waals surface area (Å²) in [6.45, 7) is 0.661. The molecule has 0 saturated carbocycles. The number of ether oxygens (including phenoxy) is 2. The minimum atomic E-state index is -0.645. The molecule has 14 heteroatoms. The van der Waals surface area contributed by atoms with Crippen molar-refractivity contribution < 1.29 is 23.5 Å². The van der Waals surface area contributed by atoms with Crippen molar-refractivity contribution in [3.05, 3.63) is 82.2 Å². The normalized spacial score (nSPS) is 11.4. The molecule has 6 N–H and O–H groups in total. The summed E-state index contributed by atoms with van der Waals surface area (Å²) in [7, 11) is 0. The van der Waals surface area contributed by atoms with Gasteiger partial charge in [-0.3, -0.25) is 9.59 Å². The van der Waals surface area contributed by atoms with Crippen LogP contribution in [0.1, 0.15) is 54.5 Å². The molecule has 0 aliphatic carbocycles. The molecular weight excluding hydrogens is 666 g/mol. The van der Waals surface area contributed by atoms with Crippen molar-refractivity contribution in [1.82, 2.24) is 9.97 Å². The first-order valence-electron chi connectivity index (χ1n) is 15.6. The van der Waals surface area contributed by atoms with Gasteiger partial charge in [0.1, 0.15) is 47.5 Å². The predicted molar refractivity (Wildman–Crippen MR) is 186 cm³/mol. The third kappa shape index (κ3) is 10.5. The number of nitrogens with zero attached hydrogens (tertiary/aromatic N) is 4. The summed E-state index contributed by atoms with van der Waals surface area (Å²) < 4.78 is 16.5. The van der Waals surface area contributed by atoms with E-state index >= 15 is 0 Å². The van der Waals surface area contributed by atoms with Crippen LogP contribution in [0.4, 0.5) is 5.82 Å². The summed E-state index contributed by atoms with van der Waals surface area (Å²) in [4.78, 5) is 33.2. The number of hydrogen-bond acceptors (Lipinski definition) is 13. The van der Waals surface area contributed by atoms with Crippen LogP contribution in [0.2, 0.25) is 5.02 Å². The van der Waals surface area contributed by atoms with Gasteiger partial charge in [0.2, 0.25) is 5.89 Å². The monoisotopic (exact) mass is 701 g/mol. The van der Waals surface area contributed by atoms with E-state index in [1.807, 2.05) is 12.1 Å². The zero-order valence-corrected chi connectivity index (χ0v) is 28.3. The number of carbonyl (C=O) groups is 2. The van der Waals surface area contributed by atoms with Gasteiger partial charge >= 0.3 is 11.9 Å². The van der Waals surface area contributed by atoms with Crippen molar-refractivity contribution in [3.8, 4) is 34.7 Å². The zero-order chi connectivity index (χ0) is 35.2. The minimum absolute atomic E-state index is 0.00499. The van der Waals surface area contributed by atoms with Crippen LogP contribution in [0.3, 0.4) is 0 Å². The fraction of sp³-hybridized carbons (Fsp3) is 0.314. The van der Waals surface area contributed by atoms with Crippen LogP contribution in [0.25, 0.3) is 22.6 Å². The first kappa shape index (κ1) is 36.9. The number of aromatic nitrogens is 2. The number of rotatable bonds is 17. The van der Waals surface area contributed by atoms with Gasteiger partial charge in [0.05, 0.1) is 11.3 Å². The molecule has 4 rings (SSSR count). The maximum absolute atomic E-state index is 12.3. The summed E-state index contributed by atoms with van der Waals surface area (Å²) in [6, 6.07) is 18.7. The van der Waals surface area contributed by atoms with Gasteiger partial charge in [0, 0.05) is 34.7 Å². The van der Waals surface area contributed by atoms with E-state index in [9.17, 15) is 20.1 Å². The van der Waals surface area contributed by atoms with Crippen molar-refractivity contribution in [2.45, 2.75) is 55.4 Å². The Kier molecular flexibility index (Phi) is 14.0. The van der Waals surface area contributed by atoms with Crippen LogP contribution in [0.5, 0.6) is 0 Å². The van der Waals surface area contributed by atoms with Crippen LogP contribution in [0, 0.1) is 22.7 Å². The Labute approximate surface area is 293 Å². The number of pyridine rings is 1. The molecule has 2 aromatic carbocycles. The summed E-state index contributed by atoms with van der Waals surface area (Å²) in [5.74, 6) is -0.0440. The van der Waals surface area contributed by atoms with E-state index in [1.165, 1.54) is 18.0 Å². The second-order valence-corrected chi connectivity index (χ2v) is 12.3. The largest absolute Gasteiger partial charge is 0.462 e. The van der Waals surface area contributed by atoms with Gasteiger partial charge in [-0.15, -0.1) is 0 Å². The molecule has 0 fully saturated rings. The molecule has 1 atom stereocenters. The van der Waals surface area contributed by atoms with Crippen LogP contribution in [-0.2, 0) is 31.2 Å². The van der Waals surface area contributed by atoms with E-state index < -0.39 is 18.0 Å². The van der Waals surface area contributed by atoms with Crippen molar-refractivity contribution in [2.24, 2.45) is 11.5 Å². The van der Waals surface area contributed by atoms with E-state index in [1.54, 1.807) is 36.4 Å². The lowest BCUT2D eigenvalue weighted by Gasteiger charge is -2.18. The zero-order valence-electron chi connectivity index (χ0n) is 26.7. The average molecular weight is 702 g/mol. The number of halogens is 1. The second kappa shape index (κ2) is 18.6. The topological polar surface area (TPSA) is 217 Å². The summed E-state index contributed by atoms with van der Waals surface area (Å²) >= 11 is 7.24. The molecule has 0 radical (unpaired) electrons. The van der Waals surface area contributed by atoms with E-state index in [4.69, 9.17) is 42.7 Å². The molecule has 49 heavy (non-hydrogen) atoms. The number of hydrogen-bond donors (Lipinski definition) is 3. The van der Waals surface area contributed by atoms with Crippen molar-refractivity contribution in [1.29, 1.82) is 10.5 Å². The number of esters is 2. The molecule has 2 heterocycles. The maximum Gasteiger partial charge on any atom is 0.306 e. The number of nitrogen functional groups attached to an aromatic ring is 1. The fourth-order valence-corrected chi connectivity index (χ4v) is 5.77. The molecule has 0 unspecified atom stereocenters. The molecule has 0 saturated heterocycles. The van der Waals surface area contributed by atoms with Gasteiger partial charge in [-0.25, -0.2) is 9.97 Å². The Bertz CT molecular complexity index is 1820. The van der Waals surface area contributed by atoms with E-state index in [2.05, 4.69) is 22.1 Å². The summed E-state index contributed by atoms with van der Waals surface area (Å²) in [6.07, 6.45) is 3.14. The molecule has 254 valence electrons. The minimum Gasteiger partial charge on any atom is -0.462 e. The Morgan fingerprint density at radius 2 is 1.57 bits per heavy atom. The number of nitrogens with two attached hydrogens (primary N) is 3. The van der Waals surface area contributed by atoms with E-state index in [0.717, 1.165) is 11.1 Å². The summed E-state index contributed by atoms with van der Waals surface area (Å²) in [5.41, 5.74) is 20.8. The number of oxazole rings is 1. The quantitative estimate of drug-likeness (QED) is 0.0911. The van der Waals surface area contributed by atoms with Crippen LogP contribution in [0.15, 0.2) is 64.2 Å². The molecule has 0 bridgehead atoms. The molecular formula is C35H36ClN7O5S. The first-order chi connectivity index (χ1) is 23.8. The van der Waals surface area contributed by atoms with Gasteiger partial charge in [-0.05, 0) is 74.2 Å². The number of carbonyl (C=O) groups excluding carboxylic acids is 2. The Morgan fingerprint density at radius 3 is 2.22 bits per heavy atom. The lowest BCUT2D eigenvalue weighted by atomic mass is 9.95. The average Bonchev–Trinajstić information content (AvgIpc) is 3.59. The Hall–Kier alpha value is -4.92. The molecule has 0 amide bonds. The fourth-order valence-electron chi connectivity index (χ4n) is 4.77. The lowest BCUT2D eigenvalue weighted by Crippen LogP contribution is -2.26. The highest BCUT2D eigenvalue weighted by Gasteiger charge is 2.22. The third-order valence-corrected chi connectivity index (χ3v) is 8.57. The predicted octanol–water partition coefficient (Wildman–Crippen LogP) is 5.54. The lowest BCUT2D eigenvalue weighted by molar-refractivity contribution is -0.159. The van der Waals surface area contributed by atoms with Gasteiger partial charge < -0.3 is 31.1 Å². The SMILES string of the molecule is N#Cc1c(N)nc(SCc2coc(-c3ccc(Cl)cc3)n2)c(C#N)c1-c1ccc(CC[C@H](COC(=O)CCCN)OC(=O)CCCN)cc1. The molecule has 12 nitrogen and oxygen atoms in total. The van der Waals surface area contributed by atoms with Gasteiger partial charge in [-0.2, -0.15) is 10.5 Å². The Balaban J connectivity index is 1.49. The van der Waals surface area contributed by atoms with Crippen molar-refractivity contribution >= 4 is 41.1 Å². The standard InChI is InChI=1S/C35H36ClN7O5S/c36-25-12-10-24(11-13-25)34-42-26(19-47-34)21-49-35-29(18-40)32(28(17-39)33(41)43-35)23-8-5-22(6-9-23)7-14-27(48-31(45)4-2-16-38)20-46-30(44)3-1-15-37/h5-6,8-13,19,27H,1-4,7,14-16,20-21,37-38H2,(H2,41,43)/t27-/m1/s1. The Morgan fingerprint density at radius 1 is 0.918 bits per heavy atom. The van der Waals surface area contributed by atoms with Gasteiger partial charge in [0.15, 0.2) is 0 Å². The van der Waals surface area contributed by atoms with Gasteiger partial charge in [-0.1, -0.05) is 47.6 Å². The summed E-state index contributed by atoms with van der Waals surface area (Å²) in [5, 5.41) is 21.1. The van der Waals surface area contributed by atoms with Crippen LogP contribution < -0.4 is 17.2 Å². The maximum atomic E-state index is 12.3. The van der Waals surface area contributed by atoms with Crippen molar-refractivity contribution in [2.75, 3.05) is 25.4 Å². The third-order valence-electron chi connectivity index (χ3n) is 7.31. The molecule has 2 aromatic heterocycles. The molecule has 0 aliphatic heterocycles. The molecule has 0 aliphatic rings. The highest BCUT2D eigenvalue weighted by atomic mass is 35.5. The smallest absolute Gasteiger partial charge is 0.306 e. The number of thioether (sulfide) groups is 1. The first-order valence-corrected chi connectivity index (χ1v) is 16.9. The molecule has 0 spiro atoms. The van der Waals surface area contributed by atoms with E-state index in [0.29, 0.717) is 77.3 Å². The number of benzene rings is 2. The van der Waals surface area contributed by atoms with Crippen LogP contribution in [-0.4, -0.2) is 47.7 Å². The highest BCUT2D eigenvalue weighted by Crippen LogP contribution is 2.37. The molecule has 4 aromatic rings. The van der Waals surface area contributed by atoms with Gasteiger partial charge in [0.25, 0.3) is 0 Å². The van der Waals surface area contributed by atoms with Crippen LogP contribution >= 0.6 is 23.4 Å². The van der Waals surface area contributed by atoms with E-state index in [-0.39, 0.29) is 36.4 Å². The second-order valence-electron chi connectivity index (χ2n) is 10.9. The number of anilines is 1. The number of aryl methyl sites for hydroxylation is 1. The number of nitriles is 2. The van der Waals surface area contributed by atoms with Crippen molar-refractivity contribution in [3.63, 3.8) is 0 Å².